The predicted molar refractivity (Wildman–Crippen MR) is 72.6 cm³/mol. The number of ether oxygens (including phenoxy) is 2. The summed E-state index contributed by atoms with van der Waals surface area (Å²) in [5.74, 6) is 0.818. The molecule has 0 aliphatic rings. The van der Waals surface area contributed by atoms with E-state index < -0.39 is 0 Å². The van der Waals surface area contributed by atoms with Gasteiger partial charge in [-0.15, -0.1) is 0 Å². The van der Waals surface area contributed by atoms with Crippen LogP contribution in [0.4, 0.5) is 0 Å². The highest BCUT2D eigenvalue weighted by atomic mass is 16.5. The van der Waals surface area contributed by atoms with Crippen LogP contribution in [0.1, 0.15) is 16.7 Å². The van der Waals surface area contributed by atoms with E-state index in [1.54, 1.807) is 19.2 Å². The fourth-order valence-corrected chi connectivity index (χ4v) is 1.73. The number of nitrogens with zero attached hydrogens (tertiary/aromatic N) is 1. The molecule has 0 atom stereocenters. The van der Waals surface area contributed by atoms with Crippen LogP contribution >= 0.6 is 0 Å². The molecule has 0 unspecified atom stereocenters. The standard InChI is InChI=1S/C16H15NO2/c1-18-11-15-3-2-4-16(9-15)19-12-14-7-5-13(10-17)6-8-14/h2-9H,11-12H2,1H3. The zero-order valence-electron chi connectivity index (χ0n) is 10.8. The van der Waals surface area contributed by atoms with Gasteiger partial charge in [-0.3, -0.25) is 0 Å². The van der Waals surface area contributed by atoms with Crippen LogP contribution in [0.25, 0.3) is 0 Å². The van der Waals surface area contributed by atoms with E-state index in [9.17, 15) is 0 Å². The Balaban J connectivity index is 1.97. The number of hydrogen-bond acceptors (Lipinski definition) is 3. The lowest BCUT2D eigenvalue weighted by Gasteiger charge is -2.08. The lowest BCUT2D eigenvalue weighted by Crippen LogP contribution is -1.96. The minimum Gasteiger partial charge on any atom is -0.489 e. The summed E-state index contributed by atoms with van der Waals surface area (Å²) in [6, 6.07) is 17.3. The van der Waals surface area contributed by atoms with Crippen molar-refractivity contribution in [3.63, 3.8) is 0 Å². The molecular formula is C16H15NO2. The summed E-state index contributed by atoms with van der Waals surface area (Å²) in [7, 11) is 1.67. The molecule has 3 heteroatoms. The van der Waals surface area contributed by atoms with Crippen molar-refractivity contribution in [3.05, 3.63) is 65.2 Å². The van der Waals surface area contributed by atoms with E-state index in [0.29, 0.717) is 18.8 Å². The summed E-state index contributed by atoms with van der Waals surface area (Å²) in [6.45, 7) is 1.07. The number of hydrogen-bond donors (Lipinski definition) is 0. The molecular weight excluding hydrogens is 238 g/mol. The Morgan fingerprint density at radius 3 is 2.47 bits per heavy atom. The molecule has 2 aromatic rings. The van der Waals surface area contributed by atoms with Crippen molar-refractivity contribution in [3.8, 4) is 11.8 Å². The molecule has 0 heterocycles. The maximum Gasteiger partial charge on any atom is 0.120 e. The van der Waals surface area contributed by atoms with E-state index in [0.717, 1.165) is 16.9 Å². The molecule has 0 saturated heterocycles. The third-order valence-electron chi connectivity index (χ3n) is 2.70. The van der Waals surface area contributed by atoms with Crippen LogP contribution in [0, 0.1) is 11.3 Å². The molecule has 0 aromatic heterocycles. The molecule has 0 saturated carbocycles. The Kier molecular flexibility index (Phi) is 4.54. The van der Waals surface area contributed by atoms with Gasteiger partial charge >= 0.3 is 0 Å². The molecule has 0 amide bonds. The Hall–Kier alpha value is -2.31. The second-order valence-electron chi connectivity index (χ2n) is 4.18. The van der Waals surface area contributed by atoms with Crippen LogP contribution in [0.3, 0.4) is 0 Å². The van der Waals surface area contributed by atoms with Gasteiger partial charge in [0, 0.05) is 7.11 Å². The molecule has 0 radical (unpaired) electrons. The molecule has 0 N–H and O–H groups in total. The highest BCUT2D eigenvalue weighted by Crippen LogP contribution is 2.16. The van der Waals surface area contributed by atoms with E-state index in [-0.39, 0.29) is 0 Å². The largest absolute Gasteiger partial charge is 0.489 e. The predicted octanol–water partition coefficient (Wildman–Crippen LogP) is 3.28. The SMILES string of the molecule is COCc1cccc(OCc2ccc(C#N)cc2)c1. The third-order valence-corrected chi connectivity index (χ3v) is 2.70. The van der Waals surface area contributed by atoms with Crippen molar-refractivity contribution in [2.45, 2.75) is 13.2 Å². The lowest BCUT2D eigenvalue weighted by atomic mass is 10.1. The molecule has 2 rings (SSSR count). The van der Waals surface area contributed by atoms with Crippen LogP contribution < -0.4 is 4.74 Å². The quantitative estimate of drug-likeness (QED) is 0.821. The summed E-state index contributed by atoms with van der Waals surface area (Å²) in [5.41, 5.74) is 2.78. The second-order valence-corrected chi connectivity index (χ2v) is 4.18. The van der Waals surface area contributed by atoms with Gasteiger partial charge in [-0.2, -0.15) is 5.26 Å². The highest BCUT2D eigenvalue weighted by molar-refractivity contribution is 5.32. The molecule has 0 spiro atoms. The van der Waals surface area contributed by atoms with E-state index in [2.05, 4.69) is 6.07 Å². The highest BCUT2D eigenvalue weighted by Gasteiger charge is 1.99. The van der Waals surface area contributed by atoms with Crippen molar-refractivity contribution in [1.82, 2.24) is 0 Å². The zero-order valence-corrected chi connectivity index (χ0v) is 10.8. The van der Waals surface area contributed by atoms with Crippen LogP contribution in [0.15, 0.2) is 48.5 Å². The van der Waals surface area contributed by atoms with Gasteiger partial charge in [0.1, 0.15) is 12.4 Å². The lowest BCUT2D eigenvalue weighted by molar-refractivity contribution is 0.184. The van der Waals surface area contributed by atoms with Crippen molar-refractivity contribution >= 4 is 0 Å². The van der Waals surface area contributed by atoms with Gasteiger partial charge < -0.3 is 9.47 Å². The van der Waals surface area contributed by atoms with E-state index >= 15 is 0 Å². The molecule has 2 aromatic carbocycles. The Morgan fingerprint density at radius 1 is 1.00 bits per heavy atom. The number of methoxy groups -OCH3 is 1. The molecule has 0 aliphatic carbocycles. The fraction of sp³-hybridized carbons (Fsp3) is 0.188. The molecule has 96 valence electrons. The third kappa shape index (κ3) is 3.84. The van der Waals surface area contributed by atoms with Crippen LogP contribution in [-0.2, 0) is 18.0 Å². The summed E-state index contributed by atoms with van der Waals surface area (Å²) < 4.78 is 10.8. The number of nitriles is 1. The Labute approximate surface area is 113 Å². The molecule has 0 bridgehead atoms. The van der Waals surface area contributed by atoms with Gasteiger partial charge in [-0.25, -0.2) is 0 Å². The average molecular weight is 253 g/mol. The van der Waals surface area contributed by atoms with Crippen LogP contribution in [-0.4, -0.2) is 7.11 Å². The van der Waals surface area contributed by atoms with Gasteiger partial charge in [0.05, 0.1) is 18.2 Å². The summed E-state index contributed by atoms with van der Waals surface area (Å²) in [4.78, 5) is 0. The Morgan fingerprint density at radius 2 is 1.79 bits per heavy atom. The zero-order chi connectivity index (χ0) is 13.5. The molecule has 0 aliphatic heterocycles. The molecule has 0 fully saturated rings. The number of benzene rings is 2. The van der Waals surface area contributed by atoms with Gasteiger partial charge in [0.15, 0.2) is 0 Å². The van der Waals surface area contributed by atoms with Gasteiger partial charge in [0.25, 0.3) is 0 Å². The van der Waals surface area contributed by atoms with Crippen molar-refractivity contribution in [1.29, 1.82) is 5.26 Å². The first-order valence-corrected chi connectivity index (χ1v) is 6.01. The first-order valence-electron chi connectivity index (χ1n) is 6.01. The van der Waals surface area contributed by atoms with Crippen molar-refractivity contribution in [2.24, 2.45) is 0 Å². The summed E-state index contributed by atoms with van der Waals surface area (Å²) in [5, 5.41) is 8.72. The number of rotatable bonds is 5. The first-order chi connectivity index (χ1) is 9.31. The smallest absolute Gasteiger partial charge is 0.120 e. The maximum absolute atomic E-state index is 8.72. The van der Waals surface area contributed by atoms with Crippen molar-refractivity contribution < 1.29 is 9.47 Å². The molecule has 19 heavy (non-hydrogen) atoms. The summed E-state index contributed by atoms with van der Waals surface area (Å²) in [6.07, 6.45) is 0. The van der Waals surface area contributed by atoms with E-state index in [4.69, 9.17) is 14.7 Å². The Bertz CT molecular complexity index is 570. The topological polar surface area (TPSA) is 42.2 Å². The first kappa shape index (κ1) is 13.1. The minimum atomic E-state index is 0.488. The average Bonchev–Trinajstić information content (AvgIpc) is 2.46. The van der Waals surface area contributed by atoms with Crippen LogP contribution in [0.2, 0.25) is 0 Å². The maximum atomic E-state index is 8.72. The van der Waals surface area contributed by atoms with E-state index in [1.165, 1.54) is 0 Å². The van der Waals surface area contributed by atoms with E-state index in [1.807, 2.05) is 36.4 Å². The van der Waals surface area contributed by atoms with Crippen LogP contribution in [0.5, 0.6) is 5.75 Å². The normalized spacial score (nSPS) is 9.89. The summed E-state index contributed by atoms with van der Waals surface area (Å²) >= 11 is 0. The second kappa shape index (κ2) is 6.58. The monoisotopic (exact) mass is 253 g/mol. The van der Waals surface area contributed by atoms with Crippen molar-refractivity contribution in [2.75, 3.05) is 7.11 Å². The molecule has 3 nitrogen and oxygen atoms in total. The fourth-order valence-electron chi connectivity index (χ4n) is 1.73. The van der Waals surface area contributed by atoms with Gasteiger partial charge in [-0.1, -0.05) is 24.3 Å². The minimum absolute atomic E-state index is 0.488. The van der Waals surface area contributed by atoms with Gasteiger partial charge in [0.2, 0.25) is 0 Å². The van der Waals surface area contributed by atoms with Gasteiger partial charge in [-0.05, 0) is 35.4 Å².